The van der Waals surface area contributed by atoms with Gasteiger partial charge in [0.25, 0.3) is 0 Å². The number of ether oxygens (including phenoxy) is 2. The highest BCUT2D eigenvalue weighted by atomic mass is 16.6. The fraction of sp³-hybridized carbons (Fsp3) is 0.471. The molecule has 3 unspecified atom stereocenters. The van der Waals surface area contributed by atoms with Crippen molar-refractivity contribution >= 4 is 23.0 Å². The van der Waals surface area contributed by atoms with E-state index in [9.17, 15) is 9.59 Å². The second-order valence-corrected chi connectivity index (χ2v) is 6.78. The number of methoxy groups -OCH3 is 1. The van der Waals surface area contributed by atoms with Gasteiger partial charge in [0.15, 0.2) is 5.69 Å². The molecule has 2 bridgehead atoms. The fourth-order valence-corrected chi connectivity index (χ4v) is 4.24. The first-order valence-electron chi connectivity index (χ1n) is 8.26. The molecule has 2 N–H and O–H groups in total. The number of piperidine rings is 1. The number of hydrogen-bond donors (Lipinski definition) is 1. The summed E-state index contributed by atoms with van der Waals surface area (Å²) < 4.78 is 11.8. The molecule has 1 aromatic carbocycles. The lowest BCUT2D eigenvalue weighted by Crippen LogP contribution is -2.33. The van der Waals surface area contributed by atoms with Crippen molar-refractivity contribution in [3.8, 4) is 5.75 Å². The van der Waals surface area contributed by atoms with Gasteiger partial charge < -0.3 is 20.1 Å². The average Bonchev–Trinajstić information content (AvgIpc) is 3.24. The number of fused-ring (bicyclic) bond motifs is 3. The summed E-state index contributed by atoms with van der Waals surface area (Å²) in [5.74, 6) is 0.342. The zero-order chi connectivity index (χ0) is 17.7. The van der Waals surface area contributed by atoms with Crippen molar-refractivity contribution in [1.82, 2.24) is 14.7 Å². The number of esters is 1. The van der Waals surface area contributed by atoms with Crippen molar-refractivity contribution in [1.29, 1.82) is 0 Å². The van der Waals surface area contributed by atoms with E-state index in [1.807, 2.05) is 10.7 Å². The number of nitrogens with zero attached hydrogens (tertiary/aromatic N) is 3. The lowest BCUT2D eigenvalue weighted by molar-refractivity contribution is 0.0632. The molecule has 1 saturated carbocycles. The van der Waals surface area contributed by atoms with Crippen molar-refractivity contribution in [3.63, 3.8) is 0 Å². The van der Waals surface area contributed by atoms with Crippen LogP contribution in [-0.2, 0) is 4.74 Å². The number of amides is 1. The first-order valence-corrected chi connectivity index (χ1v) is 8.26. The van der Waals surface area contributed by atoms with E-state index in [1.54, 1.807) is 19.2 Å². The number of nitrogens with two attached hydrogens (primary N) is 1. The van der Waals surface area contributed by atoms with E-state index in [4.69, 9.17) is 10.5 Å². The van der Waals surface area contributed by atoms with Gasteiger partial charge in [-0.15, -0.1) is 0 Å². The number of primary amides is 1. The van der Waals surface area contributed by atoms with Crippen LogP contribution in [0.1, 0.15) is 29.4 Å². The number of hydrogen-bond acceptors (Lipinski definition) is 6. The van der Waals surface area contributed by atoms with Gasteiger partial charge in [0.1, 0.15) is 5.75 Å². The molecule has 25 heavy (non-hydrogen) atoms. The average molecular weight is 344 g/mol. The molecule has 1 aliphatic carbocycles. The second kappa shape index (κ2) is 5.73. The molecule has 3 atom stereocenters. The first-order chi connectivity index (χ1) is 12.0. The lowest BCUT2D eigenvalue weighted by Gasteiger charge is -2.29. The quantitative estimate of drug-likeness (QED) is 0.670. The van der Waals surface area contributed by atoms with Gasteiger partial charge >= 0.3 is 12.1 Å². The van der Waals surface area contributed by atoms with Crippen molar-refractivity contribution in [2.75, 3.05) is 20.7 Å². The third kappa shape index (κ3) is 2.53. The highest BCUT2D eigenvalue weighted by molar-refractivity contribution is 6.05. The second-order valence-electron chi connectivity index (χ2n) is 6.78. The van der Waals surface area contributed by atoms with Crippen LogP contribution >= 0.6 is 0 Å². The number of carbonyl (C=O) groups is 2. The molecule has 1 aliphatic heterocycles. The topological polar surface area (TPSA) is 99.7 Å². The van der Waals surface area contributed by atoms with Crippen molar-refractivity contribution in [3.05, 3.63) is 23.9 Å². The lowest BCUT2D eigenvalue weighted by atomic mass is 10.0. The Balaban J connectivity index is 1.80. The van der Waals surface area contributed by atoms with E-state index in [-0.39, 0.29) is 11.7 Å². The van der Waals surface area contributed by atoms with Crippen molar-refractivity contribution in [2.45, 2.75) is 24.9 Å². The smallest absolute Gasteiger partial charge is 0.412 e. The maximum atomic E-state index is 12.2. The molecule has 132 valence electrons. The molecular weight excluding hydrogens is 324 g/mol. The van der Waals surface area contributed by atoms with E-state index >= 15 is 0 Å². The number of likely N-dealkylation sites (tertiary alicyclic amines) is 1. The Morgan fingerprint density at radius 3 is 2.72 bits per heavy atom. The van der Waals surface area contributed by atoms with Crippen LogP contribution in [0.25, 0.3) is 10.9 Å². The summed E-state index contributed by atoms with van der Waals surface area (Å²) in [4.78, 5) is 25.5. The molecule has 2 aromatic rings. The van der Waals surface area contributed by atoms with Crippen molar-refractivity contribution in [2.24, 2.45) is 11.7 Å². The molecule has 1 amide bonds. The molecule has 2 aliphatic rings. The van der Waals surface area contributed by atoms with Gasteiger partial charge in [-0.1, -0.05) is 0 Å². The van der Waals surface area contributed by atoms with Crippen LogP contribution in [0.3, 0.4) is 0 Å². The molecule has 4 rings (SSSR count). The summed E-state index contributed by atoms with van der Waals surface area (Å²) in [5, 5.41) is 5.13. The maximum absolute atomic E-state index is 12.2. The summed E-state index contributed by atoms with van der Waals surface area (Å²) in [5.41, 5.74) is 5.88. The number of carbonyl (C=O) groups excluding carboxylic acids is 2. The van der Waals surface area contributed by atoms with Gasteiger partial charge in [0.05, 0.1) is 18.7 Å². The molecule has 0 spiro atoms. The van der Waals surface area contributed by atoms with Crippen molar-refractivity contribution < 1.29 is 19.1 Å². The normalized spacial score (nSPS) is 25.4. The number of aromatic nitrogens is 2. The SMILES string of the molecule is COc1ccc2c(C(=O)OC(N)=O)nn(C3CC4CC3CN4C)c2c1. The molecular formula is C17H20N4O4. The Morgan fingerprint density at radius 1 is 1.32 bits per heavy atom. The van der Waals surface area contributed by atoms with Gasteiger partial charge in [-0.25, -0.2) is 9.59 Å². The Morgan fingerprint density at radius 2 is 2.12 bits per heavy atom. The van der Waals surface area contributed by atoms with E-state index in [0.717, 1.165) is 24.9 Å². The first kappa shape index (κ1) is 15.9. The Kier molecular flexibility index (Phi) is 3.64. The summed E-state index contributed by atoms with van der Waals surface area (Å²) in [6.45, 7) is 1.02. The summed E-state index contributed by atoms with van der Waals surface area (Å²) in [7, 11) is 3.73. The molecule has 1 saturated heterocycles. The van der Waals surface area contributed by atoms with Gasteiger partial charge in [-0.05, 0) is 37.9 Å². The highest BCUT2D eigenvalue weighted by Gasteiger charge is 2.45. The van der Waals surface area contributed by atoms with E-state index < -0.39 is 12.1 Å². The van der Waals surface area contributed by atoms with Gasteiger partial charge in [-0.2, -0.15) is 5.10 Å². The summed E-state index contributed by atoms with van der Waals surface area (Å²) in [6.07, 6.45) is 0.982. The number of benzene rings is 1. The fourth-order valence-electron chi connectivity index (χ4n) is 4.24. The van der Waals surface area contributed by atoms with E-state index in [0.29, 0.717) is 23.1 Å². The molecule has 2 fully saturated rings. The molecule has 8 nitrogen and oxygen atoms in total. The maximum Gasteiger partial charge on any atom is 0.412 e. The summed E-state index contributed by atoms with van der Waals surface area (Å²) >= 11 is 0. The third-order valence-electron chi connectivity index (χ3n) is 5.39. The predicted molar refractivity (Wildman–Crippen MR) is 89.5 cm³/mol. The minimum atomic E-state index is -1.14. The Labute approximate surface area is 144 Å². The zero-order valence-corrected chi connectivity index (χ0v) is 14.1. The monoisotopic (exact) mass is 344 g/mol. The molecule has 8 heteroatoms. The standard InChI is InChI=1S/C17H20N4O4/c1-20-8-9-5-10(20)6-13(9)21-14-7-11(24-2)3-4-12(14)15(19-21)16(22)25-17(18)23/h3-4,7,9-10,13H,5-6,8H2,1-2H3,(H2,18,23). The molecule has 2 heterocycles. The largest absolute Gasteiger partial charge is 0.497 e. The van der Waals surface area contributed by atoms with Crippen LogP contribution in [0.15, 0.2) is 18.2 Å². The number of rotatable bonds is 3. The van der Waals surface area contributed by atoms with Gasteiger partial charge in [0.2, 0.25) is 0 Å². The van der Waals surface area contributed by atoms with Gasteiger partial charge in [-0.3, -0.25) is 4.68 Å². The van der Waals surface area contributed by atoms with Gasteiger partial charge in [0, 0.05) is 24.0 Å². The minimum Gasteiger partial charge on any atom is -0.497 e. The molecule has 0 radical (unpaired) electrons. The Bertz CT molecular complexity index is 860. The Hall–Kier alpha value is -2.61. The minimum absolute atomic E-state index is 0.104. The van der Waals surface area contributed by atoms with Crippen LogP contribution < -0.4 is 10.5 Å². The van der Waals surface area contributed by atoms with Crippen LogP contribution in [0.4, 0.5) is 4.79 Å². The zero-order valence-electron chi connectivity index (χ0n) is 14.1. The van der Waals surface area contributed by atoms with Crippen LogP contribution in [0.5, 0.6) is 5.75 Å². The summed E-state index contributed by atoms with van der Waals surface area (Å²) in [6, 6.07) is 6.13. The van der Waals surface area contributed by atoms with Crippen LogP contribution in [0.2, 0.25) is 0 Å². The van der Waals surface area contributed by atoms with Crippen LogP contribution in [-0.4, -0.2) is 53.5 Å². The van der Waals surface area contributed by atoms with E-state index in [2.05, 4.69) is 21.8 Å². The molecule has 1 aromatic heterocycles. The predicted octanol–water partition coefficient (Wildman–Crippen LogP) is 1.55. The third-order valence-corrected chi connectivity index (χ3v) is 5.39. The highest BCUT2D eigenvalue weighted by Crippen LogP contribution is 2.45. The van der Waals surface area contributed by atoms with E-state index in [1.165, 1.54) is 0 Å². The van der Waals surface area contributed by atoms with Crippen LogP contribution in [0, 0.1) is 5.92 Å².